The van der Waals surface area contributed by atoms with Crippen LogP contribution in [-0.4, -0.2) is 79.8 Å². The van der Waals surface area contributed by atoms with Gasteiger partial charge >= 0.3 is 5.97 Å². The highest BCUT2D eigenvalue weighted by atomic mass is 16.4. The van der Waals surface area contributed by atoms with E-state index in [9.17, 15) is 14.7 Å². The molecular weight excluding hydrogens is 352 g/mol. The number of aliphatic hydroxyl groups excluding tert-OH is 1. The molecule has 10 nitrogen and oxygen atoms in total. The zero-order valence-corrected chi connectivity index (χ0v) is 16.1. The summed E-state index contributed by atoms with van der Waals surface area (Å²) in [4.78, 5) is 37.0. The Morgan fingerprint density at radius 3 is 2.59 bits per heavy atom. The van der Waals surface area contributed by atoms with Gasteiger partial charge in [0.1, 0.15) is 12.2 Å². The van der Waals surface area contributed by atoms with Crippen molar-refractivity contribution in [3.8, 4) is 0 Å². The molecular formula is C17H26N6O4. The molecule has 0 aromatic carbocycles. The highest BCUT2D eigenvalue weighted by molar-refractivity contribution is 5.94. The summed E-state index contributed by atoms with van der Waals surface area (Å²) in [6.45, 7) is 7.85. The first-order valence-corrected chi connectivity index (χ1v) is 8.78. The molecule has 2 aliphatic rings. The fraction of sp³-hybridized carbons (Fsp3) is 0.647. The molecule has 3 rings (SSSR count). The number of carbonyl (C=O) groups excluding carboxylic acids is 1. The molecule has 148 valence electrons. The fourth-order valence-electron chi connectivity index (χ4n) is 3.60. The molecule has 0 spiro atoms. The van der Waals surface area contributed by atoms with E-state index in [4.69, 9.17) is 10.8 Å². The number of aliphatic hydroxyl groups is 1. The predicted octanol–water partition coefficient (Wildman–Crippen LogP) is -0.566. The van der Waals surface area contributed by atoms with Crippen molar-refractivity contribution in [2.75, 3.05) is 11.9 Å². The smallest absolute Gasteiger partial charge is 0.323 e. The lowest BCUT2D eigenvalue weighted by molar-refractivity contribution is -0.141. The lowest BCUT2D eigenvalue weighted by atomic mass is 10.0. The maximum Gasteiger partial charge on any atom is 0.323 e. The van der Waals surface area contributed by atoms with Crippen LogP contribution in [0.4, 0.5) is 5.95 Å². The molecule has 4 atom stereocenters. The van der Waals surface area contributed by atoms with E-state index in [-0.39, 0.29) is 24.0 Å². The van der Waals surface area contributed by atoms with E-state index >= 15 is 0 Å². The summed E-state index contributed by atoms with van der Waals surface area (Å²) in [6, 6.07) is -2.07. The quantitative estimate of drug-likeness (QED) is 0.634. The number of aryl methyl sites for hydroxylation is 1. The summed E-state index contributed by atoms with van der Waals surface area (Å²) in [7, 11) is 1.85. The number of nitrogens with two attached hydrogens (primary N) is 1. The monoisotopic (exact) mass is 378 g/mol. The van der Waals surface area contributed by atoms with Gasteiger partial charge in [0, 0.05) is 19.0 Å². The molecule has 0 fully saturated rings. The molecule has 10 heteroatoms. The van der Waals surface area contributed by atoms with Crippen LogP contribution in [-0.2, 0) is 11.2 Å². The fourth-order valence-corrected chi connectivity index (χ4v) is 3.60. The zero-order chi connectivity index (χ0) is 20.3. The molecule has 2 aliphatic heterocycles. The number of carboxylic acid groups (broad SMARTS) is 1. The summed E-state index contributed by atoms with van der Waals surface area (Å²) in [5, 5.41) is 19.2. The normalized spacial score (nSPS) is 24.0. The minimum atomic E-state index is -1.44. The number of hydrogen-bond acceptors (Lipinski definition) is 8. The average Bonchev–Trinajstić information content (AvgIpc) is 3.14. The van der Waals surface area contributed by atoms with Crippen LogP contribution in [0.15, 0.2) is 4.99 Å². The molecule has 3 heterocycles. The summed E-state index contributed by atoms with van der Waals surface area (Å²) in [5.41, 5.74) is 6.29. The van der Waals surface area contributed by atoms with Crippen LogP contribution in [0.25, 0.3) is 0 Å². The number of aliphatic carboxylic acids is 1. The van der Waals surface area contributed by atoms with E-state index in [1.807, 2.05) is 37.6 Å². The van der Waals surface area contributed by atoms with Crippen LogP contribution in [0.1, 0.15) is 37.0 Å². The van der Waals surface area contributed by atoms with Gasteiger partial charge in [-0.2, -0.15) is 0 Å². The van der Waals surface area contributed by atoms with E-state index in [1.54, 1.807) is 13.3 Å². The van der Waals surface area contributed by atoms with Gasteiger partial charge in [-0.05, 0) is 27.7 Å². The molecule has 0 radical (unpaired) electrons. The maximum atomic E-state index is 13.2. The minimum Gasteiger partial charge on any atom is -0.480 e. The summed E-state index contributed by atoms with van der Waals surface area (Å²) >= 11 is 0. The highest BCUT2D eigenvalue weighted by Crippen LogP contribution is 2.35. The van der Waals surface area contributed by atoms with E-state index in [0.717, 1.165) is 0 Å². The van der Waals surface area contributed by atoms with Crippen LogP contribution < -0.4 is 10.6 Å². The van der Waals surface area contributed by atoms with E-state index in [2.05, 4.69) is 9.98 Å². The summed E-state index contributed by atoms with van der Waals surface area (Å²) in [5.74, 6) is -1.10. The van der Waals surface area contributed by atoms with E-state index < -0.39 is 24.2 Å². The first kappa shape index (κ1) is 19.3. The van der Waals surface area contributed by atoms with Gasteiger partial charge in [-0.3, -0.25) is 19.1 Å². The van der Waals surface area contributed by atoms with Gasteiger partial charge in [0.25, 0.3) is 5.91 Å². The number of carbonyl (C=O) groups is 2. The number of carboxylic acids is 1. The first-order valence-electron chi connectivity index (χ1n) is 8.78. The molecule has 1 aromatic rings. The minimum absolute atomic E-state index is 0.0873. The summed E-state index contributed by atoms with van der Waals surface area (Å²) < 4.78 is 1.43. The molecule has 4 N–H and O–H groups in total. The molecule has 4 unspecified atom stereocenters. The zero-order valence-electron chi connectivity index (χ0n) is 16.1. The third kappa shape index (κ3) is 2.98. The maximum absolute atomic E-state index is 13.2. The van der Waals surface area contributed by atoms with Crippen molar-refractivity contribution in [2.24, 2.45) is 10.7 Å². The van der Waals surface area contributed by atoms with Gasteiger partial charge < -0.3 is 25.7 Å². The predicted molar refractivity (Wildman–Crippen MR) is 99.0 cm³/mol. The van der Waals surface area contributed by atoms with Crippen molar-refractivity contribution in [1.29, 1.82) is 0 Å². The average molecular weight is 378 g/mol. The molecule has 0 bridgehead atoms. The molecule has 0 saturated carbocycles. The second-order valence-electron chi connectivity index (χ2n) is 8.07. The van der Waals surface area contributed by atoms with Gasteiger partial charge in [-0.25, -0.2) is 4.98 Å². The molecule has 0 amide bonds. The summed E-state index contributed by atoms with van der Waals surface area (Å²) in [6.07, 6.45) is -0.0183. The topological polar surface area (TPSA) is 137 Å². The number of rotatable bonds is 4. The van der Waals surface area contributed by atoms with Crippen molar-refractivity contribution in [3.63, 3.8) is 0 Å². The Morgan fingerprint density at radius 1 is 1.41 bits per heavy atom. The number of imidazole rings is 1. The number of aromatic nitrogens is 2. The Morgan fingerprint density at radius 2 is 2.04 bits per heavy atom. The Hall–Kier alpha value is -2.46. The van der Waals surface area contributed by atoms with Gasteiger partial charge in [0.05, 0.1) is 23.8 Å². The lowest BCUT2D eigenvalue weighted by Crippen LogP contribution is -2.60. The number of aliphatic imine (C=N–C) groups is 1. The molecule has 27 heavy (non-hydrogen) atoms. The Balaban J connectivity index is 2.00. The van der Waals surface area contributed by atoms with Gasteiger partial charge in [-0.15, -0.1) is 0 Å². The number of likely N-dealkylation sites (N-methyl/N-ethyl adjacent to an activating group) is 1. The number of nitrogens with zero attached hydrogens (tertiary/aromatic N) is 5. The van der Waals surface area contributed by atoms with Gasteiger partial charge in [0.15, 0.2) is 6.04 Å². The van der Waals surface area contributed by atoms with Crippen molar-refractivity contribution in [1.82, 2.24) is 14.5 Å². The van der Waals surface area contributed by atoms with Crippen molar-refractivity contribution < 1.29 is 19.8 Å². The van der Waals surface area contributed by atoms with Crippen LogP contribution in [0.2, 0.25) is 0 Å². The van der Waals surface area contributed by atoms with E-state index in [1.165, 1.54) is 4.57 Å². The standard InChI is InChI=1S/C17H26N6O4/c1-8-9(6-10(24)11(18)15(26)27)23-14(25)12-13(21(5)16(23)20-8)22(7-19-12)17(2,3)4/h7,10-13,24H,6,18H2,1-5H3,(H,26,27). The lowest BCUT2D eigenvalue weighted by Gasteiger charge is -2.44. The largest absolute Gasteiger partial charge is 0.480 e. The second kappa shape index (κ2) is 6.31. The molecule has 0 saturated heterocycles. The Bertz CT molecular complexity index is 811. The third-order valence-corrected chi connectivity index (χ3v) is 5.14. The number of hydrogen-bond donors (Lipinski definition) is 3. The number of fused-ring (bicyclic) bond motifs is 2. The molecule has 0 aliphatic carbocycles. The Labute approximate surface area is 157 Å². The first-order chi connectivity index (χ1) is 12.4. The van der Waals surface area contributed by atoms with Crippen molar-refractivity contribution in [2.45, 2.75) is 64.0 Å². The van der Waals surface area contributed by atoms with Crippen LogP contribution in [0.3, 0.4) is 0 Å². The second-order valence-corrected chi connectivity index (χ2v) is 8.07. The molecule has 1 aromatic heterocycles. The van der Waals surface area contributed by atoms with Crippen LogP contribution in [0.5, 0.6) is 0 Å². The van der Waals surface area contributed by atoms with Crippen molar-refractivity contribution >= 4 is 24.2 Å². The number of anilines is 1. The van der Waals surface area contributed by atoms with Crippen LogP contribution >= 0.6 is 0 Å². The SMILES string of the molecule is Cc1nc2n(c1CC(O)C(N)C(=O)O)C(=O)C1N=CN(C(C)(C)C)C1N2C. The van der Waals surface area contributed by atoms with E-state index in [0.29, 0.717) is 17.3 Å². The Kier molecular flexibility index (Phi) is 4.51. The van der Waals surface area contributed by atoms with Crippen LogP contribution in [0, 0.1) is 6.92 Å². The third-order valence-electron chi connectivity index (χ3n) is 5.14. The van der Waals surface area contributed by atoms with Gasteiger partial charge in [0.2, 0.25) is 5.95 Å². The van der Waals surface area contributed by atoms with Gasteiger partial charge in [-0.1, -0.05) is 0 Å². The van der Waals surface area contributed by atoms with Crippen molar-refractivity contribution in [3.05, 3.63) is 11.4 Å². The highest BCUT2D eigenvalue weighted by Gasteiger charge is 2.49.